The average Bonchev–Trinajstić information content (AvgIpc) is 3.31. The topological polar surface area (TPSA) is 78.5 Å². The van der Waals surface area contributed by atoms with Crippen LogP contribution in [0.5, 0.6) is 5.75 Å². The van der Waals surface area contributed by atoms with Crippen molar-refractivity contribution >= 4 is 34.2 Å². The van der Waals surface area contributed by atoms with Crippen LogP contribution in [0.2, 0.25) is 0 Å². The number of aromatic nitrogens is 4. The lowest BCUT2D eigenvalue weighted by Gasteiger charge is -2.16. The van der Waals surface area contributed by atoms with Crippen molar-refractivity contribution in [3.8, 4) is 11.4 Å². The van der Waals surface area contributed by atoms with Crippen molar-refractivity contribution in [1.82, 2.24) is 19.2 Å². The highest BCUT2D eigenvalue weighted by atomic mass is 32.2. The van der Waals surface area contributed by atoms with Gasteiger partial charge in [-0.05, 0) is 41.8 Å². The van der Waals surface area contributed by atoms with E-state index in [-0.39, 0.29) is 23.0 Å². The molecule has 0 saturated heterocycles. The number of rotatable bonds is 7. The Balaban J connectivity index is 1.66. The molecule has 5 aromatic rings. The highest BCUT2D eigenvalue weighted by molar-refractivity contribution is 7.99. The predicted octanol–water partition coefficient (Wildman–Crippen LogP) is 5.14. The molecule has 0 spiro atoms. The van der Waals surface area contributed by atoms with Gasteiger partial charge in [0.25, 0.3) is 5.56 Å². The van der Waals surface area contributed by atoms with Crippen molar-refractivity contribution in [3.05, 3.63) is 94.3 Å². The van der Waals surface area contributed by atoms with Crippen LogP contribution in [0.1, 0.15) is 35.7 Å². The summed E-state index contributed by atoms with van der Waals surface area (Å²) in [6.07, 6.45) is 0. The summed E-state index contributed by atoms with van der Waals surface area (Å²) in [5.74, 6) is 1.23. The van der Waals surface area contributed by atoms with E-state index in [0.29, 0.717) is 33.1 Å². The number of nitrogens with zero attached hydrogens (tertiary/aromatic N) is 4. The molecule has 0 amide bonds. The molecule has 2 aromatic heterocycles. The lowest BCUT2D eigenvalue weighted by Crippen LogP contribution is -2.23. The van der Waals surface area contributed by atoms with Crippen molar-refractivity contribution in [1.29, 1.82) is 0 Å². The van der Waals surface area contributed by atoms with Crippen LogP contribution in [0.25, 0.3) is 22.4 Å². The van der Waals surface area contributed by atoms with Gasteiger partial charge < -0.3 is 4.74 Å². The zero-order valence-corrected chi connectivity index (χ0v) is 20.5. The van der Waals surface area contributed by atoms with E-state index in [1.165, 1.54) is 11.8 Å². The molecule has 0 unspecified atom stereocenters. The van der Waals surface area contributed by atoms with Crippen molar-refractivity contribution in [2.24, 2.45) is 0 Å². The molecule has 2 heterocycles. The second-order valence-electron chi connectivity index (χ2n) is 8.40. The smallest absolute Gasteiger partial charge is 0.267 e. The van der Waals surface area contributed by atoms with Gasteiger partial charge in [-0.3, -0.25) is 14.0 Å². The van der Waals surface area contributed by atoms with Gasteiger partial charge in [-0.2, -0.15) is 0 Å². The van der Waals surface area contributed by atoms with Gasteiger partial charge in [0.1, 0.15) is 5.75 Å². The summed E-state index contributed by atoms with van der Waals surface area (Å²) in [6.45, 7) is 4.19. The van der Waals surface area contributed by atoms with Crippen LogP contribution in [-0.2, 0) is 0 Å². The second-order valence-corrected chi connectivity index (χ2v) is 9.34. The number of hydrogen-bond acceptors (Lipinski definition) is 6. The van der Waals surface area contributed by atoms with Crippen LogP contribution in [0.4, 0.5) is 0 Å². The lowest BCUT2D eigenvalue weighted by molar-refractivity contribution is 0.101. The number of para-hydroxylation sites is 3. The van der Waals surface area contributed by atoms with E-state index >= 15 is 0 Å². The Kier molecular flexibility index (Phi) is 6.13. The number of benzene rings is 3. The Morgan fingerprint density at radius 3 is 2.49 bits per heavy atom. The summed E-state index contributed by atoms with van der Waals surface area (Å²) >= 11 is 1.28. The number of carbonyl (C=O) groups excluding carboxylic acids is 1. The highest BCUT2D eigenvalue weighted by Gasteiger charge is 2.21. The normalized spacial score (nSPS) is 11.4. The summed E-state index contributed by atoms with van der Waals surface area (Å²) < 4.78 is 8.82. The monoisotopic (exact) mass is 484 g/mol. The molecule has 35 heavy (non-hydrogen) atoms. The zero-order chi connectivity index (χ0) is 24.5. The molecule has 0 aliphatic rings. The third-order valence-corrected chi connectivity index (χ3v) is 6.86. The van der Waals surface area contributed by atoms with Crippen molar-refractivity contribution in [2.75, 3.05) is 12.9 Å². The van der Waals surface area contributed by atoms with Crippen LogP contribution in [0, 0.1) is 0 Å². The van der Waals surface area contributed by atoms with E-state index < -0.39 is 0 Å². The number of ketones is 1. The third-order valence-electron chi connectivity index (χ3n) is 5.93. The molecule has 176 valence electrons. The van der Waals surface area contributed by atoms with Crippen molar-refractivity contribution in [2.45, 2.75) is 24.9 Å². The van der Waals surface area contributed by atoms with Crippen LogP contribution < -0.4 is 10.3 Å². The first-order valence-electron chi connectivity index (χ1n) is 11.3. The van der Waals surface area contributed by atoms with Gasteiger partial charge in [-0.25, -0.2) is 4.57 Å². The van der Waals surface area contributed by atoms with Crippen LogP contribution in [-0.4, -0.2) is 37.8 Å². The van der Waals surface area contributed by atoms with Crippen molar-refractivity contribution < 1.29 is 9.53 Å². The van der Waals surface area contributed by atoms with Gasteiger partial charge in [0.15, 0.2) is 10.9 Å². The number of ether oxygens (including phenoxy) is 1. The number of fused-ring (bicyclic) bond motifs is 3. The van der Waals surface area contributed by atoms with E-state index in [9.17, 15) is 9.59 Å². The Hall–Kier alpha value is -3.91. The van der Waals surface area contributed by atoms with E-state index in [2.05, 4.69) is 24.0 Å². The first kappa shape index (κ1) is 22.9. The van der Waals surface area contributed by atoms with E-state index in [0.717, 1.165) is 11.3 Å². The average molecular weight is 485 g/mol. The van der Waals surface area contributed by atoms with Crippen LogP contribution in [0.15, 0.2) is 82.7 Å². The fourth-order valence-corrected chi connectivity index (χ4v) is 5.07. The van der Waals surface area contributed by atoms with Crippen LogP contribution >= 0.6 is 11.8 Å². The van der Waals surface area contributed by atoms with Crippen molar-refractivity contribution in [3.63, 3.8) is 0 Å². The lowest BCUT2D eigenvalue weighted by atomic mass is 10.0. The fourth-order valence-electron chi connectivity index (χ4n) is 4.25. The van der Waals surface area contributed by atoms with Crippen LogP contribution in [0.3, 0.4) is 0 Å². The Bertz CT molecular complexity index is 1620. The van der Waals surface area contributed by atoms with E-state index in [1.807, 2.05) is 59.0 Å². The molecule has 0 atom stereocenters. The minimum Gasteiger partial charge on any atom is -0.496 e. The Morgan fingerprint density at radius 1 is 0.971 bits per heavy atom. The molecule has 7 nitrogen and oxygen atoms in total. The van der Waals surface area contributed by atoms with Gasteiger partial charge >= 0.3 is 0 Å². The Morgan fingerprint density at radius 2 is 1.69 bits per heavy atom. The molecule has 0 saturated carbocycles. The largest absolute Gasteiger partial charge is 0.496 e. The SMILES string of the molecule is COc1ccccc1C(=O)CSc1nnc2n(-c3ccccc3C(C)C)c(=O)c3ccccc3n12. The minimum absolute atomic E-state index is 0.0769. The quantitative estimate of drug-likeness (QED) is 0.235. The number of hydrogen-bond donors (Lipinski definition) is 0. The number of carbonyl (C=O) groups is 1. The number of thioether (sulfide) groups is 1. The summed E-state index contributed by atoms with van der Waals surface area (Å²) in [5.41, 5.74) is 2.87. The fraction of sp³-hybridized carbons (Fsp3) is 0.185. The van der Waals surface area contributed by atoms with Gasteiger partial charge in [-0.15, -0.1) is 10.2 Å². The first-order valence-corrected chi connectivity index (χ1v) is 12.3. The number of Topliss-reactive ketones (excluding diaryl/α,β-unsaturated/α-hetero) is 1. The van der Waals surface area contributed by atoms with Gasteiger partial charge in [-0.1, -0.05) is 68.1 Å². The molecule has 0 aliphatic carbocycles. The predicted molar refractivity (Wildman–Crippen MR) is 138 cm³/mol. The molecule has 0 fully saturated rings. The Labute approximate surface area is 206 Å². The second kappa shape index (κ2) is 9.38. The molecular formula is C27H24N4O3S. The first-order chi connectivity index (χ1) is 17.0. The maximum atomic E-state index is 13.7. The third kappa shape index (κ3) is 4.00. The maximum Gasteiger partial charge on any atom is 0.267 e. The summed E-state index contributed by atoms with van der Waals surface area (Å²) in [5, 5.41) is 9.89. The molecular weight excluding hydrogens is 460 g/mol. The molecule has 3 aromatic carbocycles. The highest BCUT2D eigenvalue weighted by Crippen LogP contribution is 2.28. The van der Waals surface area contributed by atoms with E-state index in [4.69, 9.17) is 4.74 Å². The summed E-state index contributed by atoms with van der Waals surface area (Å²) in [6, 6.07) is 22.4. The minimum atomic E-state index is -0.157. The molecule has 0 radical (unpaired) electrons. The summed E-state index contributed by atoms with van der Waals surface area (Å²) in [7, 11) is 1.55. The number of methoxy groups -OCH3 is 1. The van der Waals surface area contributed by atoms with E-state index in [1.54, 1.807) is 29.9 Å². The molecule has 5 rings (SSSR count). The standard InChI is InChI=1S/C27H24N4O3S/c1-17(2)18-10-4-7-13-21(18)30-25(33)19-11-5-8-14-22(19)31-26(30)28-29-27(31)35-16-23(32)20-12-6-9-15-24(20)34-3/h4-15,17H,16H2,1-3H3. The zero-order valence-electron chi connectivity index (χ0n) is 19.6. The van der Waals surface area contributed by atoms with Gasteiger partial charge in [0, 0.05) is 0 Å². The molecule has 0 aliphatic heterocycles. The molecule has 8 heteroatoms. The molecule has 0 bridgehead atoms. The maximum absolute atomic E-state index is 13.7. The molecule has 0 N–H and O–H groups in total. The van der Waals surface area contributed by atoms with Gasteiger partial charge in [0.05, 0.1) is 35.0 Å². The van der Waals surface area contributed by atoms with Gasteiger partial charge in [0.2, 0.25) is 5.78 Å². The summed E-state index contributed by atoms with van der Waals surface area (Å²) in [4.78, 5) is 26.6.